The van der Waals surface area contributed by atoms with Crippen molar-refractivity contribution in [2.45, 2.75) is 38.0 Å². The minimum absolute atomic E-state index is 0.403. The highest BCUT2D eigenvalue weighted by Crippen LogP contribution is 2.38. The molecule has 3 rings (SSSR count). The number of likely N-dealkylation sites (N-methyl/N-ethyl adjacent to an activating group) is 1. The van der Waals surface area contributed by atoms with Crippen LogP contribution in [0.25, 0.3) is 5.57 Å². The second-order valence-electron chi connectivity index (χ2n) is 4.76. The van der Waals surface area contributed by atoms with Crippen LogP contribution in [0.4, 0.5) is 0 Å². The van der Waals surface area contributed by atoms with Gasteiger partial charge in [-0.05, 0) is 26.3 Å². The first-order valence-electron chi connectivity index (χ1n) is 6.03. The van der Waals surface area contributed by atoms with Gasteiger partial charge in [-0.25, -0.2) is 0 Å². The van der Waals surface area contributed by atoms with Crippen molar-refractivity contribution in [1.29, 1.82) is 0 Å². The summed E-state index contributed by atoms with van der Waals surface area (Å²) in [4.78, 5) is 6.80. The fourth-order valence-corrected chi connectivity index (χ4v) is 2.86. The quantitative estimate of drug-likeness (QED) is 0.794. The molecule has 0 spiro atoms. The molecule has 2 atom stereocenters. The molecule has 2 aliphatic rings. The predicted molar refractivity (Wildman–Crippen MR) is 62.2 cm³/mol. The van der Waals surface area contributed by atoms with Gasteiger partial charge in [0.15, 0.2) is 5.82 Å². The van der Waals surface area contributed by atoms with Crippen molar-refractivity contribution in [3.05, 3.63) is 17.8 Å². The van der Waals surface area contributed by atoms with E-state index in [1.165, 1.54) is 18.4 Å². The third-order valence-electron chi connectivity index (χ3n) is 3.80. The largest absolute Gasteiger partial charge is 0.377 e. The molecule has 1 fully saturated rings. The minimum atomic E-state index is 0.403. The van der Waals surface area contributed by atoms with Gasteiger partial charge in [-0.3, -0.25) is 4.90 Å². The van der Waals surface area contributed by atoms with Gasteiger partial charge in [0, 0.05) is 24.8 Å². The smallest absolute Gasteiger partial charge is 0.255 e. The molecule has 0 N–H and O–H groups in total. The Morgan fingerprint density at radius 3 is 3.24 bits per heavy atom. The van der Waals surface area contributed by atoms with Gasteiger partial charge in [0.1, 0.15) is 6.61 Å². The molecule has 2 unspecified atom stereocenters. The second kappa shape index (κ2) is 4.23. The number of nitrogens with zero attached hydrogens (tertiary/aromatic N) is 3. The van der Waals surface area contributed by atoms with Crippen LogP contribution in [-0.4, -0.2) is 41.3 Å². The first-order chi connectivity index (χ1) is 8.29. The second-order valence-corrected chi connectivity index (χ2v) is 4.76. The van der Waals surface area contributed by atoms with E-state index < -0.39 is 0 Å². The van der Waals surface area contributed by atoms with Crippen LogP contribution in [0, 0.1) is 0 Å². The van der Waals surface area contributed by atoms with E-state index in [0.717, 1.165) is 6.42 Å². The topological polar surface area (TPSA) is 51.4 Å². The van der Waals surface area contributed by atoms with Crippen molar-refractivity contribution < 1.29 is 9.26 Å². The minimum Gasteiger partial charge on any atom is -0.377 e. The Balaban J connectivity index is 1.85. The first kappa shape index (κ1) is 10.9. The van der Waals surface area contributed by atoms with Crippen molar-refractivity contribution in [2.24, 2.45) is 0 Å². The summed E-state index contributed by atoms with van der Waals surface area (Å²) in [6.07, 6.45) is 5.80. The summed E-state index contributed by atoms with van der Waals surface area (Å²) in [6, 6.07) is 1.15. The summed E-state index contributed by atoms with van der Waals surface area (Å²) in [5, 5.41) is 3.92. The number of rotatable bonds is 3. The molecule has 2 aliphatic heterocycles. The van der Waals surface area contributed by atoms with Crippen LogP contribution in [0.1, 0.15) is 31.0 Å². The fraction of sp³-hybridized carbons (Fsp3) is 0.667. The summed E-state index contributed by atoms with van der Waals surface area (Å²) in [5.74, 6) is 1.28. The first-order valence-corrected chi connectivity index (χ1v) is 6.03. The molecule has 0 radical (unpaired) electrons. The van der Waals surface area contributed by atoms with Gasteiger partial charge in [-0.2, -0.15) is 4.98 Å². The summed E-state index contributed by atoms with van der Waals surface area (Å²) >= 11 is 0. The summed E-state index contributed by atoms with van der Waals surface area (Å²) < 4.78 is 10.3. The standard InChI is InChI=1S/C12H17N3O2/c1-15-8-3-5-9(10(15)6-4-8)12-13-11(7-16-2)14-17-12/h5,8,10H,3-4,6-7H2,1-2H3. The van der Waals surface area contributed by atoms with E-state index in [0.29, 0.717) is 30.4 Å². The zero-order valence-electron chi connectivity index (χ0n) is 10.2. The lowest BCUT2D eigenvalue weighted by molar-refractivity contribution is 0.174. The Kier molecular flexibility index (Phi) is 2.72. The molecule has 1 aromatic rings. The summed E-state index contributed by atoms with van der Waals surface area (Å²) in [5.41, 5.74) is 1.19. The highest BCUT2D eigenvalue weighted by atomic mass is 16.5. The fourth-order valence-electron chi connectivity index (χ4n) is 2.86. The van der Waals surface area contributed by atoms with Crippen molar-refractivity contribution in [3.63, 3.8) is 0 Å². The third-order valence-corrected chi connectivity index (χ3v) is 3.80. The Bertz CT molecular complexity index is 441. The van der Waals surface area contributed by atoms with Crippen molar-refractivity contribution >= 4 is 5.57 Å². The van der Waals surface area contributed by atoms with Gasteiger partial charge >= 0.3 is 0 Å². The predicted octanol–water partition coefficient (Wildman–Crippen LogP) is 1.47. The molecule has 3 heterocycles. The molecule has 1 saturated heterocycles. The van der Waals surface area contributed by atoms with E-state index in [9.17, 15) is 0 Å². The Labute approximate surface area is 100 Å². The lowest BCUT2D eigenvalue weighted by atomic mass is 10.0. The van der Waals surface area contributed by atoms with Crippen molar-refractivity contribution in [1.82, 2.24) is 15.0 Å². The summed E-state index contributed by atoms with van der Waals surface area (Å²) in [7, 11) is 3.81. The highest BCUT2D eigenvalue weighted by molar-refractivity contribution is 5.65. The van der Waals surface area contributed by atoms with E-state index in [-0.39, 0.29) is 0 Å². The van der Waals surface area contributed by atoms with Crippen LogP contribution in [0.5, 0.6) is 0 Å². The molecule has 0 aromatic carbocycles. The maximum absolute atomic E-state index is 5.32. The van der Waals surface area contributed by atoms with Gasteiger partial charge in [-0.1, -0.05) is 11.2 Å². The van der Waals surface area contributed by atoms with Gasteiger partial charge in [-0.15, -0.1) is 0 Å². The monoisotopic (exact) mass is 235 g/mol. The van der Waals surface area contributed by atoms with Crippen LogP contribution in [0.3, 0.4) is 0 Å². The molecule has 5 heteroatoms. The number of methoxy groups -OCH3 is 1. The molecule has 0 amide bonds. The number of hydrogen-bond donors (Lipinski definition) is 0. The zero-order chi connectivity index (χ0) is 11.8. The van der Waals surface area contributed by atoms with E-state index in [1.807, 2.05) is 0 Å². The zero-order valence-corrected chi connectivity index (χ0v) is 10.2. The van der Waals surface area contributed by atoms with Crippen molar-refractivity contribution in [3.8, 4) is 0 Å². The van der Waals surface area contributed by atoms with Crippen LogP contribution in [0.2, 0.25) is 0 Å². The van der Waals surface area contributed by atoms with Crippen LogP contribution < -0.4 is 0 Å². The molecule has 1 aromatic heterocycles. The molecule has 5 nitrogen and oxygen atoms in total. The number of hydrogen-bond acceptors (Lipinski definition) is 5. The Morgan fingerprint density at radius 1 is 1.53 bits per heavy atom. The van der Waals surface area contributed by atoms with E-state index in [2.05, 4.69) is 28.2 Å². The average Bonchev–Trinajstić information content (AvgIpc) is 2.84. The molecule has 2 bridgehead atoms. The molecular formula is C12H17N3O2. The van der Waals surface area contributed by atoms with Crippen LogP contribution >= 0.6 is 0 Å². The molecular weight excluding hydrogens is 218 g/mol. The Hall–Kier alpha value is -1.20. The van der Waals surface area contributed by atoms with Gasteiger partial charge in [0.05, 0.1) is 0 Å². The lowest BCUT2D eigenvalue weighted by Gasteiger charge is -2.29. The number of ether oxygens (including phenoxy) is 1. The van der Waals surface area contributed by atoms with E-state index in [1.54, 1.807) is 7.11 Å². The van der Waals surface area contributed by atoms with Crippen LogP contribution in [-0.2, 0) is 11.3 Å². The lowest BCUT2D eigenvalue weighted by Crippen LogP contribution is -2.35. The van der Waals surface area contributed by atoms with Crippen molar-refractivity contribution in [2.75, 3.05) is 14.2 Å². The highest BCUT2D eigenvalue weighted by Gasteiger charge is 2.37. The molecule has 0 saturated carbocycles. The normalized spacial score (nSPS) is 28.5. The maximum Gasteiger partial charge on any atom is 0.255 e. The molecule has 92 valence electrons. The van der Waals surface area contributed by atoms with E-state index in [4.69, 9.17) is 9.26 Å². The van der Waals surface area contributed by atoms with Gasteiger partial charge < -0.3 is 9.26 Å². The molecule has 0 aliphatic carbocycles. The Morgan fingerprint density at radius 2 is 2.41 bits per heavy atom. The van der Waals surface area contributed by atoms with Crippen LogP contribution in [0.15, 0.2) is 10.6 Å². The number of aromatic nitrogens is 2. The van der Waals surface area contributed by atoms with Gasteiger partial charge in [0.2, 0.25) is 0 Å². The van der Waals surface area contributed by atoms with E-state index >= 15 is 0 Å². The SMILES string of the molecule is COCc1noc(C2=CCC3CCC2N3C)n1. The maximum atomic E-state index is 5.32. The van der Waals surface area contributed by atoms with Gasteiger partial charge in [0.25, 0.3) is 5.89 Å². The third kappa shape index (κ3) is 1.79. The number of fused-ring (bicyclic) bond motifs is 2. The average molecular weight is 235 g/mol. The molecule has 17 heavy (non-hydrogen) atoms. The summed E-state index contributed by atoms with van der Waals surface area (Å²) in [6.45, 7) is 0.403.